The summed E-state index contributed by atoms with van der Waals surface area (Å²) >= 11 is 11.3. The number of halogens is 2. The maximum Gasteiger partial charge on any atom is 0.204 e. The van der Waals surface area contributed by atoms with Crippen LogP contribution in [0.5, 0.6) is 5.75 Å². The lowest BCUT2D eigenvalue weighted by atomic mass is 10.1. The lowest BCUT2D eigenvalue weighted by Gasteiger charge is -2.26. The number of rotatable bonds is 39. The molecule has 9 aromatic carbocycles. The van der Waals surface area contributed by atoms with Crippen LogP contribution >= 0.6 is 38.9 Å². The monoisotopic (exact) mass is 1780 g/mol. The second kappa shape index (κ2) is 49.2. The largest absolute Gasteiger partial charge is 0.496 e. The number of piperidine rings is 1. The Morgan fingerprint density at radius 2 is 0.776 bits per heavy atom. The van der Waals surface area contributed by atoms with Crippen molar-refractivity contribution in [2.75, 3.05) is 131 Å². The third-order valence-corrected chi connectivity index (χ3v) is 24.8. The normalized spacial score (nSPS) is 12.1. The average molecular weight is 1790 g/mol. The highest BCUT2D eigenvalue weighted by atomic mass is 79.9. The molecule has 5 N–H and O–H groups in total. The summed E-state index contributed by atoms with van der Waals surface area (Å²) in [7, 11) is 5.83. The standard InChI is InChI=1S/C21H28N4O.C21H28N4.C20H25BrN4.C20H25ClN4.C19H24N4S/c1-4-24(5-2)14-15-25-19-12-8-7-11-18(19)23-21(25)22-16-17-10-6-9-13-20(17)26-3;1-4-5-8-15-25-20-10-7-6-9-19(20)23-21(25)22-16-17-11-13-18(14-12-17)24(2)3;1-3-24(4-2)12-13-25-19-11-6-5-10-18(19)23-20(25)22-15-16-8-7-9-17(21)14-16;1-3-24(4-2)13-14-25-19-8-6-5-7-18(19)23-20(25)22-15-16-9-11-17(21)12-10-16;1-4-10-22(11-5-1)12-13-23-18-9-3-2-8-17(18)21-19(23)20-15-16-7-6-14-24-16/h6-13H,4-5,14-16H2,1-3H3,(H,22,23);6-7,9-14H,4-5,8,15-16H2,1-3H3,(H,22,23);5-11,14H,3-4,12-13,15H2,1-2H3,(H,22,23);5-12H,3-4,13-15H2,1-2H3,(H,22,23);2-3,6-9,14H,1,4-5,10-13,15H2,(H,20,21). The maximum atomic E-state index is 5.96. The SMILES string of the molecule is CCCCCn1c(NCc2ccc(N(C)C)cc2)nc2ccccc21.CCN(CC)CCn1c(NCc2ccc(Cl)cc2)nc2ccccc21.CCN(CC)CCn1c(NCc2cccc(Br)c2)nc2ccccc21.CCN(CC)CCn1c(NCc2ccccc2OC)nc2ccccc21.c1csc(CNc2nc3ccccc3n2CCN2CCCCC2)c1. The van der Waals surface area contributed by atoms with Crippen LogP contribution in [-0.4, -0.2) is 167 Å². The van der Waals surface area contributed by atoms with Crippen LogP contribution in [0.15, 0.2) is 240 Å². The number of unbranched alkanes of at least 4 members (excludes halogenated alkanes) is 2. The molecule has 660 valence electrons. The molecule has 21 nitrogen and oxygen atoms in total. The predicted octanol–water partition coefficient (Wildman–Crippen LogP) is 22.5. The molecule has 6 aromatic heterocycles. The summed E-state index contributed by atoms with van der Waals surface area (Å²) in [6.07, 6.45) is 7.73. The van der Waals surface area contributed by atoms with Gasteiger partial charge in [-0.3, -0.25) is 0 Å². The quantitative estimate of drug-likeness (QED) is 0.0230. The molecule has 0 bridgehead atoms. The molecule has 0 saturated carbocycles. The molecule has 1 aliphatic heterocycles. The lowest BCUT2D eigenvalue weighted by Crippen LogP contribution is -2.32. The second-order valence-electron chi connectivity index (χ2n) is 31.5. The summed E-state index contributed by atoms with van der Waals surface area (Å²) in [4.78, 5) is 37.3. The number of likely N-dealkylation sites (tertiary alicyclic amines) is 1. The second-order valence-corrected chi connectivity index (χ2v) is 33.9. The average Bonchev–Trinajstić information content (AvgIpc) is 1.68. The van der Waals surface area contributed by atoms with Crippen molar-refractivity contribution in [3.63, 3.8) is 0 Å². The number of hydrogen-bond donors (Lipinski definition) is 5. The Balaban J connectivity index is 0.000000142. The van der Waals surface area contributed by atoms with Crippen LogP contribution in [0.2, 0.25) is 5.02 Å². The first-order chi connectivity index (χ1) is 61.3. The molecule has 24 heteroatoms. The van der Waals surface area contributed by atoms with Gasteiger partial charge in [0.2, 0.25) is 29.7 Å². The van der Waals surface area contributed by atoms with Gasteiger partial charge < -0.3 is 78.7 Å². The van der Waals surface area contributed by atoms with Crippen molar-refractivity contribution in [2.24, 2.45) is 0 Å². The summed E-state index contributed by atoms with van der Waals surface area (Å²) in [6, 6.07) is 79.1. The molecule has 0 radical (unpaired) electrons. The van der Waals surface area contributed by atoms with Crippen LogP contribution in [0.3, 0.4) is 0 Å². The number of aromatic nitrogens is 10. The van der Waals surface area contributed by atoms with Gasteiger partial charge >= 0.3 is 0 Å². The number of para-hydroxylation sites is 11. The molecule has 0 amide bonds. The van der Waals surface area contributed by atoms with E-state index in [9.17, 15) is 0 Å². The molecular formula is C101H130BrClN20OS. The third-order valence-electron chi connectivity index (χ3n) is 23.2. The zero-order chi connectivity index (χ0) is 87.5. The molecule has 1 fully saturated rings. The van der Waals surface area contributed by atoms with E-state index in [4.69, 9.17) is 41.3 Å². The number of fused-ring (bicyclic) bond motifs is 5. The van der Waals surface area contributed by atoms with Gasteiger partial charge in [0.05, 0.1) is 68.8 Å². The van der Waals surface area contributed by atoms with Crippen molar-refractivity contribution >= 4 is 129 Å². The first-order valence-electron chi connectivity index (χ1n) is 45.0. The van der Waals surface area contributed by atoms with Gasteiger partial charge in [0, 0.05) is 125 Å². The van der Waals surface area contributed by atoms with Crippen molar-refractivity contribution in [3.8, 4) is 5.75 Å². The molecule has 125 heavy (non-hydrogen) atoms. The van der Waals surface area contributed by atoms with Gasteiger partial charge in [0.25, 0.3) is 0 Å². The molecule has 16 rings (SSSR count). The number of ether oxygens (including phenoxy) is 1. The van der Waals surface area contributed by atoms with Gasteiger partial charge in [-0.1, -0.05) is 217 Å². The van der Waals surface area contributed by atoms with E-state index in [0.29, 0.717) is 6.54 Å². The Labute approximate surface area is 758 Å². The van der Waals surface area contributed by atoms with E-state index in [2.05, 4.69) is 322 Å². The van der Waals surface area contributed by atoms with Crippen molar-refractivity contribution in [1.29, 1.82) is 0 Å². The molecule has 0 spiro atoms. The van der Waals surface area contributed by atoms with Crippen molar-refractivity contribution in [2.45, 2.75) is 152 Å². The Bertz CT molecular complexity index is 5660. The molecule has 0 atom stereocenters. The van der Waals surface area contributed by atoms with E-state index < -0.39 is 0 Å². The van der Waals surface area contributed by atoms with E-state index in [1.54, 1.807) is 18.4 Å². The number of nitrogens with zero attached hydrogens (tertiary/aromatic N) is 15. The molecule has 1 aliphatic rings. The zero-order valence-electron chi connectivity index (χ0n) is 75.1. The van der Waals surface area contributed by atoms with Crippen molar-refractivity contribution in [1.82, 2.24) is 67.4 Å². The summed E-state index contributed by atoms with van der Waals surface area (Å²) in [5, 5.41) is 20.5. The maximum absolute atomic E-state index is 5.96. The Kier molecular flexibility index (Phi) is 36.8. The number of imidazole rings is 5. The highest BCUT2D eigenvalue weighted by Crippen LogP contribution is 2.29. The summed E-state index contributed by atoms with van der Waals surface area (Å²) in [6.45, 7) is 37.1. The van der Waals surface area contributed by atoms with Crippen LogP contribution in [0.25, 0.3) is 55.2 Å². The van der Waals surface area contributed by atoms with Crippen LogP contribution in [-0.2, 0) is 65.4 Å². The smallest absolute Gasteiger partial charge is 0.204 e. The van der Waals surface area contributed by atoms with Gasteiger partial charge in [0.15, 0.2) is 0 Å². The highest BCUT2D eigenvalue weighted by molar-refractivity contribution is 9.10. The van der Waals surface area contributed by atoms with Crippen molar-refractivity contribution < 1.29 is 4.74 Å². The molecule has 7 heterocycles. The molecule has 0 aliphatic carbocycles. The van der Waals surface area contributed by atoms with E-state index in [-0.39, 0.29) is 0 Å². The Morgan fingerprint density at radius 3 is 1.18 bits per heavy atom. The topological polar surface area (TPSA) is 175 Å². The predicted molar refractivity (Wildman–Crippen MR) is 532 cm³/mol. The zero-order valence-corrected chi connectivity index (χ0v) is 78.3. The fourth-order valence-corrected chi connectivity index (χ4v) is 17.0. The van der Waals surface area contributed by atoms with E-state index in [1.807, 2.05) is 66.7 Å². The summed E-state index contributed by atoms with van der Waals surface area (Å²) in [5.41, 5.74) is 17.2. The highest BCUT2D eigenvalue weighted by Gasteiger charge is 2.19. The number of benzene rings is 9. The summed E-state index contributed by atoms with van der Waals surface area (Å²) in [5.74, 6) is 5.61. The van der Waals surface area contributed by atoms with E-state index in [1.165, 1.54) is 106 Å². The van der Waals surface area contributed by atoms with Crippen LogP contribution in [0, 0.1) is 0 Å². The number of methoxy groups -OCH3 is 1. The Hall–Kier alpha value is -10.8. The number of likely N-dealkylation sites (N-methyl/N-ethyl adjacent to an activating group) is 3. The number of nitrogens with one attached hydrogen (secondary N) is 5. The molecule has 1 saturated heterocycles. The fourth-order valence-electron chi connectivity index (χ4n) is 15.8. The third kappa shape index (κ3) is 26.9. The van der Waals surface area contributed by atoms with Gasteiger partial charge in [-0.15, -0.1) is 11.3 Å². The summed E-state index contributed by atoms with van der Waals surface area (Å²) < 4.78 is 18.1. The minimum atomic E-state index is 0.679. The van der Waals surface area contributed by atoms with Gasteiger partial charge in [-0.2, -0.15) is 0 Å². The minimum Gasteiger partial charge on any atom is -0.496 e. The van der Waals surface area contributed by atoms with E-state index >= 15 is 0 Å². The van der Waals surface area contributed by atoms with E-state index in [0.717, 1.165) is 202 Å². The first-order valence-corrected chi connectivity index (χ1v) is 47.1. The molecular weight excluding hydrogens is 1660 g/mol. The first kappa shape index (κ1) is 93.4. The van der Waals surface area contributed by atoms with Crippen LogP contribution in [0.1, 0.15) is 114 Å². The molecule has 15 aromatic rings. The van der Waals surface area contributed by atoms with Crippen LogP contribution < -0.4 is 36.2 Å². The van der Waals surface area contributed by atoms with Gasteiger partial charge in [-0.25, -0.2) is 24.9 Å². The lowest BCUT2D eigenvalue weighted by molar-refractivity contribution is 0.222. The molecule has 0 unspecified atom stereocenters. The number of anilines is 6. The number of aryl methyl sites for hydroxylation is 1. The number of thiophene rings is 1. The van der Waals surface area contributed by atoms with Gasteiger partial charge in [0.1, 0.15) is 5.75 Å². The van der Waals surface area contributed by atoms with Crippen LogP contribution in [0.4, 0.5) is 35.4 Å². The van der Waals surface area contributed by atoms with Gasteiger partial charge in [-0.05, 0) is 203 Å². The Morgan fingerprint density at radius 1 is 0.384 bits per heavy atom. The fraction of sp³-hybridized carbons (Fsp3) is 0.376. The number of hydrogen-bond acceptors (Lipinski definition) is 17. The minimum absolute atomic E-state index is 0.679. The van der Waals surface area contributed by atoms with Crippen molar-refractivity contribution in [3.05, 3.63) is 273 Å².